The highest BCUT2D eigenvalue weighted by Crippen LogP contribution is 2.28. The standard InChI is InChI=1S/C21H21N3O4/c1-24(14-16-4-3-5-17(12-16)21(23)26)20(25)9-7-15-6-8-18(28-11-10-22)19(13-15)27-2/h3-9,12-13H,11,14H2,1-2H3,(H2,23,26). The molecule has 0 heterocycles. The lowest BCUT2D eigenvalue weighted by Crippen LogP contribution is -2.24. The van der Waals surface area contributed by atoms with Crippen molar-refractivity contribution in [1.82, 2.24) is 4.90 Å². The van der Waals surface area contributed by atoms with Gasteiger partial charge in [0, 0.05) is 25.2 Å². The van der Waals surface area contributed by atoms with E-state index in [0.717, 1.165) is 11.1 Å². The number of nitrogens with two attached hydrogens (primary N) is 1. The van der Waals surface area contributed by atoms with Crippen LogP contribution in [0.15, 0.2) is 48.5 Å². The zero-order valence-corrected chi connectivity index (χ0v) is 15.7. The van der Waals surface area contributed by atoms with Crippen molar-refractivity contribution in [2.75, 3.05) is 20.8 Å². The number of ether oxygens (including phenoxy) is 2. The van der Waals surface area contributed by atoms with E-state index >= 15 is 0 Å². The van der Waals surface area contributed by atoms with Gasteiger partial charge in [0.1, 0.15) is 6.07 Å². The molecule has 2 aromatic rings. The summed E-state index contributed by atoms with van der Waals surface area (Å²) in [5.41, 5.74) is 7.24. The number of amides is 2. The van der Waals surface area contributed by atoms with Crippen LogP contribution in [0, 0.1) is 11.3 Å². The molecule has 0 spiro atoms. The Morgan fingerprint density at radius 3 is 2.68 bits per heavy atom. The first-order chi connectivity index (χ1) is 13.4. The van der Waals surface area contributed by atoms with Crippen LogP contribution in [0.5, 0.6) is 11.5 Å². The van der Waals surface area contributed by atoms with Crippen molar-refractivity contribution in [3.63, 3.8) is 0 Å². The molecule has 0 aliphatic rings. The number of primary amides is 1. The van der Waals surface area contributed by atoms with Gasteiger partial charge in [-0.2, -0.15) is 5.26 Å². The van der Waals surface area contributed by atoms with E-state index < -0.39 is 5.91 Å². The minimum Gasteiger partial charge on any atom is -0.493 e. The Kier molecular flexibility index (Phi) is 7.17. The van der Waals surface area contributed by atoms with Crippen LogP contribution in [0.3, 0.4) is 0 Å². The first-order valence-electron chi connectivity index (χ1n) is 8.44. The normalized spacial score (nSPS) is 10.3. The lowest BCUT2D eigenvalue weighted by molar-refractivity contribution is -0.125. The van der Waals surface area contributed by atoms with Crippen LogP contribution in [-0.4, -0.2) is 37.5 Å². The minimum atomic E-state index is -0.508. The van der Waals surface area contributed by atoms with Gasteiger partial charge >= 0.3 is 0 Å². The Morgan fingerprint density at radius 2 is 2.00 bits per heavy atom. The fraction of sp³-hybridized carbons (Fsp3) is 0.190. The number of nitriles is 1. The van der Waals surface area contributed by atoms with E-state index in [2.05, 4.69) is 0 Å². The number of hydrogen-bond donors (Lipinski definition) is 1. The summed E-state index contributed by atoms with van der Waals surface area (Å²) >= 11 is 0. The summed E-state index contributed by atoms with van der Waals surface area (Å²) in [7, 11) is 3.17. The smallest absolute Gasteiger partial charge is 0.248 e. The summed E-state index contributed by atoms with van der Waals surface area (Å²) in [5, 5.41) is 8.60. The van der Waals surface area contributed by atoms with Crippen molar-refractivity contribution in [2.24, 2.45) is 5.73 Å². The molecule has 0 aromatic heterocycles. The van der Waals surface area contributed by atoms with E-state index in [1.54, 1.807) is 49.5 Å². The molecule has 144 valence electrons. The third-order valence-electron chi connectivity index (χ3n) is 3.91. The third-order valence-corrected chi connectivity index (χ3v) is 3.91. The highest BCUT2D eigenvalue weighted by atomic mass is 16.5. The molecule has 0 aliphatic heterocycles. The van der Waals surface area contributed by atoms with Crippen LogP contribution in [0.25, 0.3) is 6.08 Å². The summed E-state index contributed by atoms with van der Waals surface area (Å²) in [6.07, 6.45) is 3.11. The lowest BCUT2D eigenvalue weighted by Gasteiger charge is -2.15. The molecule has 2 aromatic carbocycles. The fourth-order valence-electron chi connectivity index (χ4n) is 2.49. The van der Waals surface area contributed by atoms with Crippen LogP contribution in [-0.2, 0) is 11.3 Å². The molecule has 7 heteroatoms. The van der Waals surface area contributed by atoms with Crippen molar-refractivity contribution in [2.45, 2.75) is 6.54 Å². The summed E-state index contributed by atoms with van der Waals surface area (Å²) < 4.78 is 10.5. The average Bonchev–Trinajstić information content (AvgIpc) is 2.70. The van der Waals surface area contributed by atoms with Gasteiger partial charge in [0.05, 0.1) is 7.11 Å². The third kappa shape index (κ3) is 5.61. The van der Waals surface area contributed by atoms with Gasteiger partial charge in [-0.1, -0.05) is 18.2 Å². The lowest BCUT2D eigenvalue weighted by atomic mass is 10.1. The molecule has 0 aliphatic carbocycles. The van der Waals surface area contributed by atoms with E-state index in [9.17, 15) is 9.59 Å². The molecule has 0 saturated carbocycles. The zero-order chi connectivity index (χ0) is 20.5. The van der Waals surface area contributed by atoms with Gasteiger partial charge in [0.2, 0.25) is 11.8 Å². The molecule has 0 fully saturated rings. The van der Waals surface area contributed by atoms with Crippen molar-refractivity contribution in [3.8, 4) is 17.6 Å². The topological polar surface area (TPSA) is 106 Å². The van der Waals surface area contributed by atoms with Gasteiger partial charge in [-0.25, -0.2) is 0 Å². The quantitative estimate of drug-likeness (QED) is 0.709. The molecular weight excluding hydrogens is 358 g/mol. The van der Waals surface area contributed by atoms with E-state index in [1.807, 2.05) is 12.1 Å². The molecule has 0 radical (unpaired) electrons. The Morgan fingerprint density at radius 1 is 1.21 bits per heavy atom. The maximum Gasteiger partial charge on any atom is 0.248 e. The molecular formula is C21H21N3O4. The second-order valence-electron chi connectivity index (χ2n) is 5.95. The molecule has 0 bridgehead atoms. The van der Waals surface area contributed by atoms with Crippen LogP contribution in [0.1, 0.15) is 21.5 Å². The Balaban J connectivity index is 2.05. The number of nitrogens with zero attached hydrogens (tertiary/aromatic N) is 2. The maximum absolute atomic E-state index is 12.4. The van der Waals surface area contributed by atoms with E-state index in [0.29, 0.717) is 23.6 Å². The van der Waals surface area contributed by atoms with Crippen LogP contribution < -0.4 is 15.2 Å². The fourth-order valence-corrected chi connectivity index (χ4v) is 2.49. The molecule has 0 saturated heterocycles. The van der Waals surface area contributed by atoms with Gasteiger partial charge < -0.3 is 20.1 Å². The Labute approximate surface area is 163 Å². The Hall–Kier alpha value is -3.79. The number of carbonyl (C=O) groups excluding carboxylic acids is 2. The first-order valence-corrected chi connectivity index (χ1v) is 8.44. The number of benzene rings is 2. The van der Waals surface area contributed by atoms with E-state index in [-0.39, 0.29) is 12.5 Å². The molecule has 0 atom stereocenters. The first kappa shape index (κ1) is 20.5. The monoisotopic (exact) mass is 379 g/mol. The highest BCUT2D eigenvalue weighted by Gasteiger charge is 2.09. The number of rotatable bonds is 8. The van der Waals surface area contributed by atoms with Gasteiger partial charge in [-0.3, -0.25) is 9.59 Å². The second-order valence-corrected chi connectivity index (χ2v) is 5.95. The molecule has 2 N–H and O–H groups in total. The van der Waals surface area contributed by atoms with E-state index in [1.165, 1.54) is 18.1 Å². The number of hydrogen-bond acceptors (Lipinski definition) is 5. The molecule has 7 nitrogen and oxygen atoms in total. The summed E-state index contributed by atoms with van der Waals surface area (Å²) in [6.45, 7) is 0.264. The Bertz CT molecular complexity index is 931. The van der Waals surface area contributed by atoms with Crippen molar-refractivity contribution in [1.29, 1.82) is 5.26 Å². The van der Waals surface area contributed by atoms with E-state index in [4.69, 9.17) is 20.5 Å². The molecule has 2 amide bonds. The number of carbonyl (C=O) groups is 2. The summed E-state index contributed by atoms with van der Waals surface area (Å²) in [6, 6.07) is 13.9. The number of methoxy groups -OCH3 is 1. The van der Waals surface area contributed by atoms with Gasteiger partial charge in [-0.15, -0.1) is 0 Å². The minimum absolute atomic E-state index is 0.0776. The van der Waals surface area contributed by atoms with Crippen molar-refractivity contribution in [3.05, 3.63) is 65.2 Å². The van der Waals surface area contributed by atoms with Crippen LogP contribution in [0.2, 0.25) is 0 Å². The van der Waals surface area contributed by atoms with Crippen molar-refractivity contribution >= 4 is 17.9 Å². The summed E-state index contributed by atoms with van der Waals surface area (Å²) in [5.74, 6) is 0.223. The number of likely N-dealkylation sites (N-methyl/N-ethyl adjacent to an activating group) is 1. The molecule has 2 rings (SSSR count). The van der Waals surface area contributed by atoms with Crippen LogP contribution in [0.4, 0.5) is 0 Å². The molecule has 0 unspecified atom stereocenters. The van der Waals surface area contributed by atoms with Crippen LogP contribution >= 0.6 is 0 Å². The second kappa shape index (κ2) is 9.78. The van der Waals surface area contributed by atoms with Gasteiger partial charge in [0.25, 0.3) is 0 Å². The molecule has 28 heavy (non-hydrogen) atoms. The predicted octanol–water partition coefficient (Wildman–Crippen LogP) is 2.37. The summed E-state index contributed by atoms with van der Waals surface area (Å²) in [4.78, 5) is 25.1. The van der Waals surface area contributed by atoms with Crippen molar-refractivity contribution < 1.29 is 19.1 Å². The zero-order valence-electron chi connectivity index (χ0n) is 15.7. The van der Waals surface area contributed by atoms with Gasteiger partial charge in [0.15, 0.2) is 18.1 Å². The van der Waals surface area contributed by atoms with Gasteiger partial charge in [-0.05, 0) is 41.5 Å². The maximum atomic E-state index is 12.4. The largest absolute Gasteiger partial charge is 0.493 e. The predicted molar refractivity (Wildman–Crippen MR) is 105 cm³/mol. The highest BCUT2D eigenvalue weighted by molar-refractivity contribution is 5.93. The average molecular weight is 379 g/mol. The SMILES string of the molecule is COc1cc(C=CC(=O)N(C)Cc2cccc(C(N)=O)c2)ccc1OCC#N.